The summed E-state index contributed by atoms with van der Waals surface area (Å²) < 4.78 is 0. The van der Waals surface area contributed by atoms with E-state index in [0.29, 0.717) is 0 Å². The van der Waals surface area contributed by atoms with Crippen molar-refractivity contribution < 1.29 is 4.79 Å². The van der Waals surface area contributed by atoms with E-state index >= 15 is 0 Å². The molecule has 0 bridgehead atoms. The van der Waals surface area contributed by atoms with Crippen molar-refractivity contribution in [3.8, 4) is 0 Å². The Morgan fingerprint density at radius 1 is 1.29 bits per heavy atom. The molecule has 0 atom stereocenters. The lowest BCUT2D eigenvalue weighted by atomic mass is 10.1. The highest BCUT2D eigenvalue weighted by Crippen LogP contribution is 2.02. The van der Waals surface area contributed by atoms with E-state index < -0.39 is 0 Å². The van der Waals surface area contributed by atoms with E-state index in [-0.39, 0.29) is 0 Å². The predicted molar refractivity (Wildman–Crippen MR) is 55.9 cm³/mol. The molecular formula is C11H16N2O. The van der Waals surface area contributed by atoms with Crippen LogP contribution >= 0.6 is 0 Å². The summed E-state index contributed by atoms with van der Waals surface area (Å²) in [5.74, 6) is 0. The number of nitrogens with zero attached hydrogens (tertiary/aromatic N) is 1. The molecule has 1 rings (SSSR count). The van der Waals surface area contributed by atoms with E-state index in [1.165, 1.54) is 0 Å². The first kappa shape index (κ1) is 10.7. The molecule has 0 radical (unpaired) electrons. The number of carbonyl (C=O) groups excluding carboxylic acids is 1. The Kier molecular flexibility index (Phi) is 5.40. The van der Waals surface area contributed by atoms with Crippen molar-refractivity contribution in [3.63, 3.8) is 0 Å². The number of aryl methyl sites for hydroxylation is 1. The third kappa shape index (κ3) is 4.60. The Hall–Kier alpha value is -1.38. The molecule has 0 aliphatic heterocycles. The molecule has 14 heavy (non-hydrogen) atoms. The summed E-state index contributed by atoms with van der Waals surface area (Å²) in [6, 6.07) is 5.98. The molecular weight excluding hydrogens is 176 g/mol. The fourth-order valence-electron chi connectivity index (χ4n) is 1.31. The molecule has 0 unspecified atom stereocenters. The van der Waals surface area contributed by atoms with E-state index in [9.17, 15) is 4.79 Å². The van der Waals surface area contributed by atoms with Crippen molar-refractivity contribution in [2.45, 2.75) is 25.7 Å². The van der Waals surface area contributed by atoms with Gasteiger partial charge in [0, 0.05) is 18.4 Å². The molecule has 1 aromatic rings. The normalized spacial score (nSPS) is 9.71. The Labute approximate surface area is 84.6 Å². The summed E-state index contributed by atoms with van der Waals surface area (Å²) in [5, 5.41) is 2.65. The van der Waals surface area contributed by atoms with Gasteiger partial charge in [0.1, 0.15) is 0 Å². The molecule has 0 saturated heterocycles. The highest BCUT2D eigenvalue weighted by molar-refractivity contribution is 5.45. The fraction of sp³-hybridized carbons (Fsp3) is 0.455. The van der Waals surface area contributed by atoms with Crippen LogP contribution in [0.1, 0.15) is 25.0 Å². The van der Waals surface area contributed by atoms with Gasteiger partial charge in [0.15, 0.2) is 0 Å². The second-order valence-corrected chi connectivity index (χ2v) is 3.20. The van der Waals surface area contributed by atoms with Crippen molar-refractivity contribution in [2.75, 3.05) is 6.54 Å². The minimum absolute atomic E-state index is 0.749. The van der Waals surface area contributed by atoms with Gasteiger partial charge in [0.05, 0.1) is 0 Å². The molecule has 3 heteroatoms. The van der Waals surface area contributed by atoms with E-state index in [4.69, 9.17) is 0 Å². The van der Waals surface area contributed by atoms with Gasteiger partial charge in [-0.1, -0.05) is 12.5 Å². The Balaban J connectivity index is 2.02. The van der Waals surface area contributed by atoms with Crippen LogP contribution in [-0.2, 0) is 11.2 Å². The van der Waals surface area contributed by atoms with Crippen molar-refractivity contribution in [1.29, 1.82) is 0 Å². The molecule has 76 valence electrons. The van der Waals surface area contributed by atoms with Crippen LogP contribution in [0.25, 0.3) is 0 Å². The number of carbonyl (C=O) groups is 1. The van der Waals surface area contributed by atoms with Crippen LogP contribution in [0.5, 0.6) is 0 Å². The summed E-state index contributed by atoms with van der Waals surface area (Å²) in [7, 11) is 0. The van der Waals surface area contributed by atoms with Crippen molar-refractivity contribution >= 4 is 6.41 Å². The number of hydrogen-bond donors (Lipinski definition) is 1. The van der Waals surface area contributed by atoms with Crippen molar-refractivity contribution in [2.24, 2.45) is 0 Å². The summed E-state index contributed by atoms with van der Waals surface area (Å²) in [5.41, 5.74) is 1.15. The summed E-state index contributed by atoms with van der Waals surface area (Å²) >= 11 is 0. The van der Waals surface area contributed by atoms with Gasteiger partial charge in [-0.3, -0.25) is 9.78 Å². The largest absolute Gasteiger partial charge is 0.359 e. The average Bonchev–Trinajstić information content (AvgIpc) is 2.25. The zero-order valence-electron chi connectivity index (χ0n) is 8.28. The first-order valence-electron chi connectivity index (χ1n) is 5.00. The van der Waals surface area contributed by atoms with Crippen LogP contribution in [0.15, 0.2) is 24.4 Å². The fourth-order valence-corrected chi connectivity index (χ4v) is 1.31. The third-order valence-electron chi connectivity index (χ3n) is 2.06. The number of nitrogens with one attached hydrogen (secondary N) is 1. The Bertz CT molecular complexity index is 249. The molecule has 1 amide bonds. The smallest absolute Gasteiger partial charge is 0.207 e. The summed E-state index contributed by atoms with van der Waals surface area (Å²) in [4.78, 5) is 14.2. The topological polar surface area (TPSA) is 42.0 Å². The summed E-state index contributed by atoms with van der Waals surface area (Å²) in [6.45, 7) is 0.783. The molecule has 1 N–H and O–H groups in total. The zero-order chi connectivity index (χ0) is 10.1. The van der Waals surface area contributed by atoms with E-state index in [1.807, 2.05) is 24.4 Å². The van der Waals surface area contributed by atoms with Crippen LogP contribution in [0.4, 0.5) is 0 Å². The number of aromatic nitrogens is 1. The van der Waals surface area contributed by atoms with Gasteiger partial charge < -0.3 is 5.32 Å². The second-order valence-electron chi connectivity index (χ2n) is 3.20. The van der Waals surface area contributed by atoms with Gasteiger partial charge in [0.25, 0.3) is 0 Å². The lowest BCUT2D eigenvalue weighted by Gasteiger charge is -2.00. The number of unbranched alkanes of at least 4 members (excludes halogenated alkanes) is 2. The van der Waals surface area contributed by atoms with E-state index in [0.717, 1.165) is 44.3 Å². The highest BCUT2D eigenvalue weighted by Gasteiger charge is 1.93. The number of hydrogen-bond acceptors (Lipinski definition) is 2. The number of pyridine rings is 1. The van der Waals surface area contributed by atoms with Crippen molar-refractivity contribution in [3.05, 3.63) is 30.1 Å². The van der Waals surface area contributed by atoms with Crippen LogP contribution < -0.4 is 5.32 Å². The monoisotopic (exact) mass is 192 g/mol. The van der Waals surface area contributed by atoms with Gasteiger partial charge in [-0.2, -0.15) is 0 Å². The number of amides is 1. The van der Waals surface area contributed by atoms with E-state index in [1.54, 1.807) is 0 Å². The van der Waals surface area contributed by atoms with Crippen LogP contribution in [-0.4, -0.2) is 17.9 Å². The molecule has 0 saturated carbocycles. The second kappa shape index (κ2) is 7.06. The molecule has 1 heterocycles. The molecule has 0 spiro atoms. The molecule has 0 aliphatic carbocycles. The van der Waals surface area contributed by atoms with E-state index in [2.05, 4.69) is 10.3 Å². The van der Waals surface area contributed by atoms with Gasteiger partial charge >= 0.3 is 0 Å². The molecule has 0 aliphatic rings. The van der Waals surface area contributed by atoms with Crippen LogP contribution in [0.2, 0.25) is 0 Å². The van der Waals surface area contributed by atoms with Gasteiger partial charge in [-0.25, -0.2) is 0 Å². The SMILES string of the molecule is O=CNCCCCCc1ccccn1. The van der Waals surface area contributed by atoms with Crippen LogP contribution in [0, 0.1) is 0 Å². The molecule has 0 aromatic carbocycles. The van der Waals surface area contributed by atoms with Gasteiger partial charge in [0.2, 0.25) is 6.41 Å². The number of rotatable bonds is 7. The molecule has 0 fully saturated rings. The predicted octanol–water partition coefficient (Wildman–Crippen LogP) is 1.54. The first-order valence-corrected chi connectivity index (χ1v) is 5.00. The quantitative estimate of drug-likeness (QED) is 0.526. The minimum atomic E-state index is 0.749. The Morgan fingerprint density at radius 2 is 2.21 bits per heavy atom. The maximum absolute atomic E-state index is 9.94. The van der Waals surface area contributed by atoms with Crippen LogP contribution in [0.3, 0.4) is 0 Å². The lowest BCUT2D eigenvalue weighted by Crippen LogP contribution is -2.11. The highest BCUT2D eigenvalue weighted by atomic mass is 16.1. The minimum Gasteiger partial charge on any atom is -0.359 e. The lowest BCUT2D eigenvalue weighted by molar-refractivity contribution is -0.109. The first-order chi connectivity index (χ1) is 6.93. The Morgan fingerprint density at radius 3 is 2.93 bits per heavy atom. The summed E-state index contributed by atoms with van der Waals surface area (Å²) in [6.07, 6.45) is 6.92. The third-order valence-corrected chi connectivity index (χ3v) is 2.06. The zero-order valence-corrected chi connectivity index (χ0v) is 8.28. The standard InChI is InChI=1S/C11H16N2O/c14-10-12-8-4-1-2-6-11-7-3-5-9-13-11/h3,5,7,9-10H,1-2,4,6,8H2,(H,12,14). The van der Waals surface area contributed by atoms with Gasteiger partial charge in [-0.15, -0.1) is 0 Å². The molecule has 3 nitrogen and oxygen atoms in total. The average molecular weight is 192 g/mol. The van der Waals surface area contributed by atoms with Gasteiger partial charge in [-0.05, 0) is 31.4 Å². The molecule has 1 aromatic heterocycles. The maximum Gasteiger partial charge on any atom is 0.207 e. The maximum atomic E-state index is 9.94. The van der Waals surface area contributed by atoms with Crippen molar-refractivity contribution in [1.82, 2.24) is 10.3 Å².